The van der Waals surface area contributed by atoms with Gasteiger partial charge in [-0.3, -0.25) is 14.2 Å². The largest absolute Gasteiger partial charge is 0.325 e. The van der Waals surface area contributed by atoms with E-state index in [2.05, 4.69) is 15.4 Å². The molecule has 1 amide bonds. The maximum absolute atomic E-state index is 12.9. The van der Waals surface area contributed by atoms with Crippen molar-refractivity contribution >= 4 is 34.2 Å². The quantitative estimate of drug-likeness (QED) is 0.574. The minimum Gasteiger partial charge on any atom is -0.325 e. The van der Waals surface area contributed by atoms with Gasteiger partial charge in [-0.15, -0.1) is 0 Å². The van der Waals surface area contributed by atoms with Crippen molar-refractivity contribution in [1.29, 1.82) is 0 Å². The lowest BCUT2D eigenvalue weighted by molar-refractivity contribution is -0.116. The van der Waals surface area contributed by atoms with E-state index < -0.39 is 17.3 Å². The summed E-state index contributed by atoms with van der Waals surface area (Å²) in [5.41, 5.74) is 1.07. The van der Waals surface area contributed by atoms with E-state index in [-0.39, 0.29) is 11.9 Å². The summed E-state index contributed by atoms with van der Waals surface area (Å²) in [4.78, 5) is 29.1. The summed E-state index contributed by atoms with van der Waals surface area (Å²) in [6, 6.07) is 12.3. The predicted molar refractivity (Wildman–Crippen MR) is 103 cm³/mol. The van der Waals surface area contributed by atoms with Gasteiger partial charge in [0.1, 0.15) is 24.1 Å². The van der Waals surface area contributed by atoms with E-state index in [0.29, 0.717) is 22.0 Å². The van der Waals surface area contributed by atoms with Gasteiger partial charge in [0, 0.05) is 10.7 Å². The Hall–Kier alpha value is -3.52. The van der Waals surface area contributed by atoms with E-state index in [9.17, 15) is 14.0 Å². The summed E-state index contributed by atoms with van der Waals surface area (Å²) < 4.78 is 15.6. The van der Waals surface area contributed by atoms with Crippen LogP contribution < -0.4 is 10.9 Å². The van der Waals surface area contributed by atoms with Crippen molar-refractivity contribution in [2.45, 2.75) is 6.54 Å². The Morgan fingerprint density at radius 1 is 1.18 bits per heavy atom. The molecule has 0 bridgehead atoms. The highest BCUT2D eigenvalue weighted by molar-refractivity contribution is 6.30. The van der Waals surface area contributed by atoms with E-state index in [4.69, 9.17) is 11.6 Å². The highest BCUT2D eigenvalue weighted by atomic mass is 35.5. The SMILES string of the molecule is O=C(Cn1cnc2c(cnn2-c2cccc(Cl)c2)c1=O)Nc1ccc(F)cc1. The van der Waals surface area contributed by atoms with Crippen LogP contribution in [0, 0.1) is 5.82 Å². The summed E-state index contributed by atoms with van der Waals surface area (Å²) in [7, 11) is 0. The van der Waals surface area contributed by atoms with Gasteiger partial charge in [0.2, 0.25) is 5.91 Å². The minimum atomic E-state index is -0.433. The molecule has 0 unspecified atom stereocenters. The topological polar surface area (TPSA) is 81.8 Å². The molecule has 4 aromatic rings. The molecule has 0 aliphatic heterocycles. The van der Waals surface area contributed by atoms with Gasteiger partial charge in [-0.1, -0.05) is 17.7 Å². The number of benzene rings is 2. The number of carbonyl (C=O) groups is 1. The molecule has 7 nitrogen and oxygen atoms in total. The summed E-state index contributed by atoms with van der Waals surface area (Å²) >= 11 is 6.01. The Morgan fingerprint density at radius 3 is 2.71 bits per heavy atom. The molecule has 0 spiro atoms. The zero-order valence-corrected chi connectivity index (χ0v) is 15.1. The molecule has 0 radical (unpaired) electrons. The summed E-state index contributed by atoms with van der Waals surface area (Å²) in [6.45, 7) is -0.235. The lowest BCUT2D eigenvalue weighted by Gasteiger charge is -2.08. The number of halogens is 2. The maximum Gasteiger partial charge on any atom is 0.264 e. The van der Waals surface area contributed by atoms with Gasteiger partial charge >= 0.3 is 0 Å². The Kier molecular flexibility index (Phi) is 4.62. The molecule has 1 N–H and O–H groups in total. The number of fused-ring (bicyclic) bond motifs is 1. The third-order valence-electron chi connectivity index (χ3n) is 4.05. The first-order valence-electron chi connectivity index (χ1n) is 8.26. The van der Waals surface area contributed by atoms with Crippen LogP contribution in [0.1, 0.15) is 0 Å². The second kappa shape index (κ2) is 7.24. The molecule has 2 aromatic carbocycles. The average molecular weight is 398 g/mol. The van der Waals surface area contributed by atoms with Crippen molar-refractivity contribution in [2.75, 3.05) is 5.32 Å². The molecule has 0 saturated carbocycles. The van der Waals surface area contributed by atoms with Crippen LogP contribution in [0.2, 0.25) is 5.02 Å². The third kappa shape index (κ3) is 3.49. The number of carbonyl (C=O) groups excluding carboxylic acids is 1. The molecule has 4 rings (SSSR count). The van der Waals surface area contributed by atoms with Gasteiger partial charge in [0.15, 0.2) is 5.65 Å². The summed E-state index contributed by atoms with van der Waals surface area (Å²) in [5.74, 6) is -0.835. The molecule has 0 aliphatic rings. The molecule has 0 saturated heterocycles. The van der Waals surface area contributed by atoms with Crippen LogP contribution in [0.4, 0.5) is 10.1 Å². The van der Waals surface area contributed by atoms with E-state index in [0.717, 1.165) is 0 Å². The zero-order chi connectivity index (χ0) is 19.7. The first kappa shape index (κ1) is 17.9. The van der Waals surface area contributed by atoms with Crippen molar-refractivity contribution in [3.05, 3.63) is 82.2 Å². The van der Waals surface area contributed by atoms with Gasteiger partial charge in [-0.05, 0) is 42.5 Å². The van der Waals surface area contributed by atoms with Crippen molar-refractivity contribution in [3.8, 4) is 5.69 Å². The van der Waals surface area contributed by atoms with Gasteiger partial charge in [-0.2, -0.15) is 5.10 Å². The number of nitrogens with zero attached hydrogens (tertiary/aromatic N) is 4. The summed E-state index contributed by atoms with van der Waals surface area (Å²) in [6.07, 6.45) is 2.69. The van der Waals surface area contributed by atoms with Crippen LogP contribution in [-0.2, 0) is 11.3 Å². The lowest BCUT2D eigenvalue weighted by atomic mass is 10.3. The van der Waals surface area contributed by atoms with E-state index in [1.165, 1.54) is 46.0 Å². The molecular weight excluding hydrogens is 385 g/mol. The maximum atomic E-state index is 12.9. The fourth-order valence-corrected chi connectivity index (χ4v) is 2.93. The van der Waals surface area contributed by atoms with Crippen LogP contribution in [0.25, 0.3) is 16.7 Å². The molecular formula is C19H13ClFN5O2. The normalized spacial score (nSPS) is 10.9. The van der Waals surface area contributed by atoms with Crippen molar-refractivity contribution in [1.82, 2.24) is 19.3 Å². The molecule has 0 atom stereocenters. The second-order valence-electron chi connectivity index (χ2n) is 6.01. The Labute approximate surface area is 163 Å². The third-order valence-corrected chi connectivity index (χ3v) is 4.28. The number of hydrogen-bond donors (Lipinski definition) is 1. The molecule has 0 aliphatic carbocycles. The Morgan fingerprint density at radius 2 is 1.96 bits per heavy atom. The van der Waals surface area contributed by atoms with Crippen LogP contribution in [0.3, 0.4) is 0 Å². The monoisotopic (exact) mass is 397 g/mol. The van der Waals surface area contributed by atoms with Crippen LogP contribution in [0.15, 0.2) is 65.8 Å². The average Bonchev–Trinajstić information content (AvgIpc) is 3.11. The van der Waals surface area contributed by atoms with Crippen molar-refractivity contribution < 1.29 is 9.18 Å². The van der Waals surface area contributed by atoms with E-state index in [1.54, 1.807) is 24.3 Å². The van der Waals surface area contributed by atoms with E-state index in [1.807, 2.05) is 0 Å². The number of rotatable bonds is 4. The Bertz CT molecular complexity index is 1230. The number of nitrogens with one attached hydrogen (secondary N) is 1. The van der Waals surface area contributed by atoms with Crippen molar-refractivity contribution in [3.63, 3.8) is 0 Å². The fourth-order valence-electron chi connectivity index (χ4n) is 2.75. The number of anilines is 1. The molecule has 9 heteroatoms. The minimum absolute atomic E-state index is 0.235. The first-order chi connectivity index (χ1) is 13.5. The van der Waals surface area contributed by atoms with Gasteiger partial charge < -0.3 is 5.32 Å². The number of hydrogen-bond acceptors (Lipinski definition) is 4. The number of aromatic nitrogens is 4. The molecule has 2 aromatic heterocycles. The second-order valence-corrected chi connectivity index (χ2v) is 6.44. The van der Waals surface area contributed by atoms with Gasteiger partial charge in [0.25, 0.3) is 5.56 Å². The zero-order valence-electron chi connectivity index (χ0n) is 14.3. The van der Waals surface area contributed by atoms with Gasteiger partial charge in [-0.25, -0.2) is 14.1 Å². The van der Waals surface area contributed by atoms with Crippen molar-refractivity contribution in [2.24, 2.45) is 0 Å². The van der Waals surface area contributed by atoms with Gasteiger partial charge in [0.05, 0.1) is 11.9 Å². The molecule has 28 heavy (non-hydrogen) atoms. The predicted octanol–water partition coefficient (Wildman–Crippen LogP) is 3.01. The van der Waals surface area contributed by atoms with Crippen LogP contribution in [0.5, 0.6) is 0 Å². The molecule has 0 fully saturated rings. The lowest BCUT2D eigenvalue weighted by Crippen LogP contribution is -2.27. The molecule has 2 heterocycles. The molecule has 140 valence electrons. The standard InChI is InChI=1S/C19H13ClFN5O2/c20-12-2-1-3-15(8-12)26-18-16(9-23-26)19(28)25(11-22-18)10-17(27)24-14-6-4-13(21)5-7-14/h1-9,11H,10H2,(H,24,27). The fraction of sp³-hybridized carbons (Fsp3) is 0.0526. The van der Waals surface area contributed by atoms with Crippen LogP contribution in [-0.4, -0.2) is 25.2 Å². The van der Waals surface area contributed by atoms with E-state index >= 15 is 0 Å². The Balaban J connectivity index is 1.61. The first-order valence-corrected chi connectivity index (χ1v) is 8.63. The number of amides is 1. The summed E-state index contributed by atoms with van der Waals surface area (Å²) in [5, 5.41) is 7.62. The highest BCUT2D eigenvalue weighted by Crippen LogP contribution is 2.17. The smallest absolute Gasteiger partial charge is 0.264 e. The van der Waals surface area contributed by atoms with Crippen LogP contribution >= 0.6 is 11.6 Å². The highest BCUT2D eigenvalue weighted by Gasteiger charge is 2.13.